The molecule has 4 nitrogen and oxygen atoms in total. The van der Waals surface area contributed by atoms with Crippen molar-refractivity contribution in [3.8, 4) is 5.75 Å². The average molecular weight is 232 g/mol. The summed E-state index contributed by atoms with van der Waals surface area (Å²) in [7, 11) is 0. The highest BCUT2D eigenvalue weighted by Crippen LogP contribution is 2.45. The summed E-state index contributed by atoms with van der Waals surface area (Å²) in [6.07, 6.45) is 2.03. The van der Waals surface area contributed by atoms with Gasteiger partial charge in [-0.2, -0.15) is 0 Å². The van der Waals surface area contributed by atoms with Crippen LogP contribution in [0.2, 0.25) is 0 Å². The highest BCUT2D eigenvalue weighted by Gasteiger charge is 2.41. The Labute approximate surface area is 100 Å². The third-order valence-corrected chi connectivity index (χ3v) is 3.51. The number of hydrogen-bond acceptors (Lipinski definition) is 3. The van der Waals surface area contributed by atoms with Crippen LogP contribution in [0.15, 0.2) is 18.2 Å². The second-order valence-electron chi connectivity index (χ2n) is 5.43. The normalized spacial score (nSPS) is 23.4. The first kappa shape index (κ1) is 10.6. The molecule has 1 fully saturated rings. The molecule has 3 N–H and O–H groups in total. The lowest BCUT2D eigenvalue weighted by Gasteiger charge is -2.32. The third kappa shape index (κ3) is 1.60. The fourth-order valence-corrected chi connectivity index (χ4v) is 2.04. The maximum Gasteiger partial charge on any atom is 0.268 e. The van der Waals surface area contributed by atoms with Crippen LogP contribution in [0.3, 0.4) is 0 Å². The molecule has 1 amide bonds. The van der Waals surface area contributed by atoms with Crippen LogP contribution >= 0.6 is 0 Å². The Kier molecular flexibility index (Phi) is 1.88. The van der Waals surface area contributed by atoms with Crippen LogP contribution in [0.5, 0.6) is 5.75 Å². The van der Waals surface area contributed by atoms with E-state index in [1.807, 2.05) is 18.2 Å². The Morgan fingerprint density at radius 3 is 2.71 bits per heavy atom. The summed E-state index contributed by atoms with van der Waals surface area (Å²) in [6.45, 7) is 3.51. The van der Waals surface area contributed by atoms with Gasteiger partial charge in [-0.15, -0.1) is 0 Å². The largest absolute Gasteiger partial charge is 0.476 e. The van der Waals surface area contributed by atoms with Crippen LogP contribution in [0.1, 0.15) is 32.3 Å². The van der Waals surface area contributed by atoms with Crippen molar-refractivity contribution >= 4 is 11.6 Å². The minimum atomic E-state index is -0.822. The second-order valence-corrected chi connectivity index (χ2v) is 5.43. The molecular formula is C13H16N2O2. The number of carbonyl (C=O) groups excluding carboxylic acids is 1. The quantitative estimate of drug-likeness (QED) is 0.775. The van der Waals surface area contributed by atoms with Gasteiger partial charge in [0.25, 0.3) is 5.91 Å². The highest BCUT2D eigenvalue weighted by atomic mass is 16.5. The number of benzene rings is 1. The predicted molar refractivity (Wildman–Crippen MR) is 64.9 cm³/mol. The van der Waals surface area contributed by atoms with Crippen molar-refractivity contribution in [2.45, 2.75) is 37.8 Å². The van der Waals surface area contributed by atoms with E-state index in [1.165, 1.54) is 0 Å². The van der Waals surface area contributed by atoms with Crippen molar-refractivity contribution < 1.29 is 9.53 Å². The fraction of sp³-hybridized carbons (Fsp3) is 0.462. The smallest absolute Gasteiger partial charge is 0.268 e. The van der Waals surface area contributed by atoms with E-state index in [1.54, 1.807) is 13.8 Å². The van der Waals surface area contributed by atoms with Crippen molar-refractivity contribution in [2.75, 3.05) is 5.32 Å². The molecule has 0 spiro atoms. The molecule has 0 unspecified atom stereocenters. The van der Waals surface area contributed by atoms with Gasteiger partial charge in [-0.25, -0.2) is 0 Å². The highest BCUT2D eigenvalue weighted by molar-refractivity contribution is 6.00. The molecule has 2 aliphatic rings. The molecule has 17 heavy (non-hydrogen) atoms. The molecule has 0 saturated heterocycles. The van der Waals surface area contributed by atoms with Gasteiger partial charge in [0.2, 0.25) is 0 Å². The van der Waals surface area contributed by atoms with E-state index in [2.05, 4.69) is 5.32 Å². The van der Waals surface area contributed by atoms with Crippen LogP contribution < -0.4 is 15.8 Å². The lowest BCUT2D eigenvalue weighted by molar-refractivity contribution is -0.129. The van der Waals surface area contributed by atoms with Gasteiger partial charge in [0.1, 0.15) is 5.75 Å². The zero-order chi connectivity index (χ0) is 12.3. The molecule has 1 aromatic rings. The number of hydrogen-bond donors (Lipinski definition) is 2. The minimum Gasteiger partial charge on any atom is -0.476 e. The summed E-state index contributed by atoms with van der Waals surface area (Å²) in [6, 6.07) is 5.78. The zero-order valence-corrected chi connectivity index (χ0v) is 10.0. The van der Waals surface area contributed by atoms with E-state index < -0.39 is 5.60 Å². The van der Waals surface area contributed by atoms with E-state index in [-0.39, 0.29) is 11.4 Å². The molecule has 1 saturated carbocycles. The zero-order valence-electron chi connectivity index (χ0n) is 10.0. The standard InChI is InChI=1S/C13H16N2O2/c1-12(2)11(16)15-9-4-3-8(7-10(9)17-12)13(14)5-6-13/h3-4,7H,5-6,14H2,1-2H3,(H,15,16). The number of rotatable bonds is 1. The first-order chi connectivity index (χ1) is 7.91. The van der Waals surface area contributed by atoms with E-state index in [0.29, 0.717) is 5.75 Å². The number of nitrogens with two attached hydrogens (primary N) is 1. The van der Waals surface area contributed by atoms with E-state index in [9.17, 15) is 4.79 Å². The van der Waals surface area contributed by atoms with Crippen LogP contribution in [-0.4, -0.2) is 11.5 Å². The molecule has 4 heteroatoms. The number of ether oxygens (including phenoxy) is 1. The Bertz CT molecular complexity index is 504. The maximum atomic E-state index is 11.7. The molecule has 0 aromatic heterocycles. The summed E-state index contributed by atoms with van der Waals surface area (Å²) in [4.78, 5) is 11.7. The SMILES string of the molecule is CC1(C)Oc2cc(C3(N)CC3)ccc2NC1=O. The molecule has 1 aliphatic carbocycles. The molecular weight excluding hydrogens is 216 g/mol. The van der Waals surface area contributed by atoms with E-state index >= 15 is 0 Å². The fourth-order valence-electron chi connectivity index (χ4n) is 2.04. The maximum absolute atomic E-state index is 11.7. The van der Waals surface area contributed by atoms with Crippen molar-refractivity contribution in [1.82, 2.24) is 0 Å². The molecule has 1 aromatic carbocycles. The van der Waals surface area contributed by atoms with Gasteiger partial charge in [-0.1, -0.05) is 6.07 Å². The van der Waals surface area contributed by atoms with Gasteiger partial charge < -0.3 is 15.8 Å². The topological polar surface area (TPSA) is 64.3 Å². The Morgan fingerprint density at radius 2 is 2.06 bits per heavy atom. The molecule has 1 aliphatic heterocycles. The second kappa shape index (κ2) is 3.01. The number of amides is 1. The number of fused-ring (bicyclic) bond motifs is 1. The van der Waals surface area contributed by atoms with E-state index in [4.69, 9.17) is 10.5 Å². The summed E-state index contributed by atoms with van der Waals surface area (Å²) < 4.78 is 5.73. The van der Waals surface area contributed by atoms with Gasteiger partial charge in [-0.05, 0) is 44.4 Å². The van der Waals surface area contributed by atoms with Gasteiger partial charge >= 0.3 is 0 Å². The molecule has 90 valence electrons. The van der Waals surface area contributed by atoms with Gasteiger partial charge in [0.15, 0.2) is 5.60 Å². The molecule has 0 radical (unpaired) electrons. The predicted octanol–water partition coefficient (Wildman–Crippen LogP) is 1.74. The first-order valence-corrected chi connectivity index (χ1v) is 5.85. The average Bonchev–Trinajstić information content (AvgIpc) is 2.98. The molecule has 1 heterocycles. The van der Waals surface area contributed by atoms with Gasteiger partial charge in [0, 0.05) is 5.54 Å². The Hall–Kier alpha value is -1.55. The van der Waals surface area contributed by atoms with Crippen molar-refractivity contribution in [2.24, 2.45) is 5.73 Å². The lowest BCUT2D eigenvalue weighted by Crippen LogP contribution is -2.45. The van der Waals surface area contributed by atoms with Crippen molar-refractivity contribution in [3.05, 3.63) is 23.8 Å². The summed E-state index contributed by atoms with van der Waals surface area (Å²) in [5.74, 6) is 0.593. The van der Waals surface area contributed by atoms with Gasteiger partial charge in [0.05, 0.1) is 5.69 Å². The van der Waals surface area contributed by atoms with Crippen molar-refractivity contribution in [1.29, 1.82) is 0 Å². The third-order valence-electron chi connectivity index (χ3n) is 3.51. The van der Waals surface area contributed by atoms with Crippen LogP contribution in [-0.2, 0) is 10.3 Å². The summed E-state index contributed by atoms with van der Waals surface area (Å²) in [5, 5.41) is 2.84. The van der Waals surface area contributed by atoms with Crippen LogP contribution in [0.4, 0.5) is 5.69 Å². The number of anilines is 1. The van der Waals surface area contributed by atoms with E-state index in [0.717, 1.165) is 24.1 Å². The van der Waals surface area contributed by atoms with Crippen LogP contribution in [0, 0.1) is 0 Å². The Balaban J connectivity index is 2.01. The molecule has 0 atom stereocenters. The summed E-state index contributed by atoms with van der Waals surface area (Å²) >= 11 is 0. The van der Waals surface area contributed by atoms with Crippen LogP contribution in [0.25, 0.3) is 0 Å². The molecule has 3 rings (SSSR count). The van der Waals surface area contributed by atoms with Crippen molar-refractivity contribution in [3.63, 3.8) is 0 Å². The molecule has 0 bridgehead atoms. The first-order valence-electron chi connectivity index (χ1n) is 5.85. The minimum absolute atomic E-state index is 0.119. The number of nitrogens with one attached hydrogen (secondary N) is 1. The summed E-state index contributed by atoms with van der Waals surface area (Å²) in [5.41, 5.74) is 6.96. The Morgan fingerprint density at radius 1 is 1.35 bits per heavy atom. The number of carbonyl (C=O) groups is 1. The monoisotopic (exact) mass is 232 g/mol. The van der Waals surface area contributed by atoms with Gasteiger partial charge in [-0.3, -0.25) is 4.79 Å². The lowest BCUT2D eigenvalue weighted by atomic mass is 10.0.